The van der Waals surface area contributed by atoms with E-state index in [1.165, 1.54) is 12.1 Å². The third-order valence-electron chi connectivity index (χ3n) is 5.75. The average molecular weight is 462 g/mol. The van der Waals surface area contributed by atoms with E-state index in [9.17, 15) is 13.6 Å². The molecule has 2 amide bonds. The van der Waals surface area contributed by atoms with Crippen molar-refractivity contribution < 1.29 is 13.6 Å². The largest absolute Gasteiger partial charge is 0.322 e. The molecule has 0 aliphatic carbocycles. The standard InChI is InChI=1S/C26H21F2N3OS/c1-33-22-8-4-7-21(15-22)29-26(32)31-16-17-6-2-3-9-23(17)30-11-5-10-24(30)25(31)18-12-19(27)14-20(28)13-18/h2-15,25H,16H2,1H3,(H,29,32)/t25-/m0/s1. The molecule has 0 bridgehead atoms. The van der Waals surface area contributed by atoms with Gasteiger partial charge in [0.05, 0.1) is 18.3 Å². The number of rotatable bonds is 3. The highest BCUT2D eigenvalue weighted by Gasteiger charge is 2.33. The molecule has 1 N–H and O–H groups in total. The topological polar surface area (TPSA) is 37.3 Å². The van der Waals surface area contributed by atoms with Crippen LogP contribution >= 0.6 is 11.8 Å². The molecule has 7 heteroatoms. The number of hydrogen-bond donors (Lipinski definition) is 1. The summed E-state index contributed by atoms with van der Waals surface area (Å²) in [7, 11) is 0. The number of nitrogens with zero attached hydrogens (tertiary/aromatic N) is 2. The maximum absolute atomic E-state index is 14.2. The highest BCUT2D eigenvalue weighted by Crippen LogP contribution is 2.37. The first-order valence-electron chi connectivity index (χ1n) is 10.5. The minimum Gasteiger partial charge on any atom is -0.318 e. The number of thioether (sulfide) groups is 1. The Morgan fingerprint density at radius 1 is 0.970 bits per heavy atom. The lowest BCUT2D eigenvalue weighted by Crippen LogP contribution is -2.38. The van der Waals surface area contributed by atoms with E-state index in [4.69, 9.17) is 0 Å². The Morgan fingerprint density at radius 3 is 2.55 bits per heavy atom. The van der Waals surface area contributed by atoms with Gasteiger partial charge >= 0.3 is 6.03 Å². The molecule has 1 aromatic heterocycles. The molecule has 1 atom stereocenters. The summed E-state index contributed by atoms with van der Waals surface area (Å²) in [6, 6.07) is 21.5. The van der Waals surface area contributed by atoms with Crippen LogP contribution in [0.5, 0.6) is 0 Å². The molecule has 3 aromatic carbocycles. The zero-order valence-electron chi connectivity index (χ0n) is 17.8. The summed E-state index contributed by atoms with van der Waals surface area (Å²) >= 11 is 1.58. The predicted octanol–water partition coefficient (Wildman–Crippen LogP) is 6.61. The van der Waals surface area contributed by atoms with Crippen LogP contribution in [0.1, 0.15) is 22.9 Å². The lowest BCUT2D eigenvalue weighted by molar-refractivity contribution is 0.194. The Kier molecular flexibility index (Phi) is 5.64. The minimum absolute atomic E-state index is 0.273. The third-order valence-corrected chi connectivity index (χ3v) is 6.47. The van der Waals surface area contributed by atoms with E-state index in [0.717, 1.165) is 27.9 Å². The first-order valence-corrected chi connectivity index (χ1v) is 11.7. The van der Waals surface area contributed by atoms with Crippen LogP contribution in [0.4, 0.5) is 19.3 Å². The number of aromatic nitrogens is 1. The number of fused-ring (bicyclic) bond motifs is 3. The van der Waals surface area contributed by atoms with E-state index >= 15 is 0 Å². The number of urea groups is 1. The van der Waals surface area contributed by atoms with E-state index in [0.29, 0.717) is 11.3 Å². The van der Waals surface area contributed by atoms with Gasteiger partial charge in [-0.3, -0.25) is 0 Å². The number of benzene rings is 3. The quantitative estimate of drug-likeness (QED) is 0.349. The number of carbonyl (C=O) groups is 1. The molecule has 5 rings (SSSR count). The second kappa shape index (κ2) is 8.75. The maximum Gasteiger partial charge on any atom is 0.322 e. The van der Waals surface area contributed by atoms with Crippen molar-refractivity contribution in [2.24, 2.45) is 0 Å². The van der Waals surface area contributed by atoms with Gasteiger partial charge in [-0.25, -0.2) is 13.6 Å². The van der Waals surface area contributed by atoms with Crippen molar-refractivity contribution in [1.29, 1.82) is 0 Å². The first kappa shape index (κ1) is 21.3. The lowest BCUT2D eigenvalue weighted by atomic mass is 10.0. The zero-order valence-corrected chi connectivity index (χ0v) is 18.7. The van der Waals surface area contributed by atoms with E-state index in [-0.39, 0.29) is 12.6 Å². The fourth-order valence-electron chi connectivity index (χ4n) is 4.32. The van der Waals surface area contributed by atoms with Crippen molar-refractivity contribution in [3.63, 3.8) is 0 Å². The summed E-state index contributed by atoms with van der Waals surface area (Å²) in [5, 5.41) is 2.97. The fourth-order valence-corrected chi connectivity index (χ4v) is 4.78. The van der Waals surface area contributed by atoms with Crippen LogP contribution in [-0.4, -0.2) is 21.8 Å². The van der Waals surface area contributed by atoms with Crippen molar-refractivity contribution in [3.05, 3.63) is 114 Å². The van der Waals surface area contributed by atoms with Crippen molar-refractivity contribution in [3.8, 4) is 5.69 Å². The third kappa shape index (κ3) is 4.12. The number of carbonyl (C=O) groups excluding carboxylic acids is 1. The number of anilines is 1. The van der Waals surface area contributed by atoms with Gasteiger partial charge in [-0.1, -0.05) is 24.3 Å². The van der Waals surface area contributed by atoms with Gasteiger partial charge in [-0.05, 0) is 65.9 Å². The molecule has 0 unspecified atom stereocenters. The Bertz CT molecular complexity index is 1320. The van der Waals surface area contributed by atoms with Gasteiger partial charge in [-0.2, -0.15) is 0 Å². The van der Waals surface area contributed by atoms with Crippen molar-refractivity contribution in [2.45, 2.75) is 17.5 Å². The Balaban J connectivity index is 1.64. The molecule has 0 saturated carbocycles. The van der Waals surface area contributed by atoms with Crippen LogP contribution in [-0.2, 0) is 6.54 Å². The van der Waals surface area contributed by atoms with Crippen LogP contribution in [0.2, 0.25) is 0 Å². The van der Waals surface area contributed by atoms with Gasteiger partial charge in [0, 0.05) is 28.5 Å². The zero-order chi connectivity index (χ0) is 22.9. The van der Waals surface area contributed by atoms with Crippen LogP contribution < -0.4 is 5.32 Å². The second-order valence-electron chi connectivity index (χ2n) is 7.83. The summed E-state index contributed by atoms with van der Waals surface area (Å²) < 4.78 is 30.5. The predicted molar refractivity (Wildman–Crippen MR) is 127 cm³/mol. The van der Waals surface area contributed by atoms with Crippen LogP contribution in [0.15, 0.2) is 90.0 Å². The van der Waals surface area contributed by atoms with Gasteiger partial charge < -0.3 is 14.8 Å². The summed E-state index contributed by atoms with van der Waals surface area (Å²) in [5.74, 6) is -1.37. The van der Waals surface area contributed by atoms with Crippen molar-refractivity contribution in [2.75, 3.05) is 11.6 Å². The average Bonchev–Trinajstić information content (AvgIpc) is 3.22. The van der Waals surface area contributed by atoms with Crippen molar-refractivity contribution >= 4 is 23.5 Å². The minimum atomic E-state index is -0.693. The van der Waals surface area contributed by atoms with Gasteiger partial charge in [0.1, 0.15) is 11.6 Å². The lowest BCUT2D eigenvalue weighted by Gasteiger charge is -2.31. The van der Waals surface area contributed by atoms with E-state index in [1.54, 1.807) is 16.7 Å². The van der Waals surface area contributed by atoms with Gasteiger partial charge in [0.15, 0.2) is 0 Å². The van der Waals surface area contributed by atoms with Crippen LogP contribution in [0.25, 0.3) is 5.69 Å². The van der Waals surface area contributed by atoms with Crippen LogP contribution in [0.3, 0.4) is 0 Å². The molecule has 1 aliphatic heterocycles. The van der Waals surface area contributed by atoms with Crippen LogP contribution in [0, 0.1) is 11.6 Å². The molecule has 0 spiro atoms. The summed E-state index contributed by atoms with van der Waals surface area (Å²) in [4.78, 5) is 16.3. The Morgan fingerprint density at radius 2 is 1.76 bits per heavy atom. The summed E-state index contributed by atoms with van der Waals surface area (Å²) in [6.07, 6.45) is 3.87. The Hall–Kier alpha value is -3.58. The number of halogens is 2. The smallest absolute Gasteiger partial charge is 0.318 e. The Labute approximate surface area is 194 Å². The molecule has 4 aromatic rings. The van der Waals surface area contributed by atoms with E-state index in [1.807, 2.05) is 77.7 Å². The number of nitrogens with one attached hydrogen (secondary N) is 1. The molecular formula is C26H21F2N3OS. The fraction of sp³-hybridized carbons (Fsp3) is 0.115. The van der Waals surface area contributed by atoms with E-state index in [2.05, 4.69) is 5.32 Å². The maximum atomic E-state index is 14.2. The molecule has 1 aliphatic rings. The molecule has 0 saturated heterocycles. The second-order valence-corrected chi connectivity index (χ2v) is 8.71. The molecule has 4 nitrogen and oxygen atoms in total. The van der Waals surface area contributed by atoms with Gasteiger partial charge in [-0.15, -0.1) is 11.8 Å². The highest BCUT2D eigenvalue weighted by atomic mass is 32.2. The molecule has 0 radical (unpaired) electrons. The highest BCUT2D eigenvalue weighted by molar-refractivity contribution is 7.98. The number of para-hydroxylation sites is 1. The first-order chi connectivity index (χ1) is 16.0. The summed E-state index contributed by atoms with van der Waals surface area (Å²) in [5.41, 5.74) is 3.64. The van der Waals surface area contributed by atoms with E-state index < -0.39 is 17.7 Å². The van der Waals surface area contributed by atoms with Gasteiger partial charge in [0.25, 0.3) is 0 Å². The monoisotopic (exact) mass is 461 g/mol. The number of amides is 2. The molecule has 2 heterocycles. The molecule has 0 fully saturated rings. The van der Waals surface area contributed by atoms with Gasteiger partial charge in [0.2, 0.25) is 0 Å². The summed E-state index contributed by atoms with van der Waals surface area (Å²) in [6.45, 7) is 0.273. The molecule has 33 heavy (non-hydrogen) atoms. The molecule has 166 valence electrons. The van der Waals surface area contributed by atoms with Crippen molar-refractivity contribution in [1.82, 2.24) is 9.47 Å². The number of hydrogen-bond acceptors (Lipinski definition) is 2. The normalized spacial score (nSPS) is 14.9. The SMILES string of the molecule is CSc1cccc(NC(=O)N2Cc3ccccc3-n3cccc3[C@@H]2c2cc(F)cc(F)c2)c1. The molecular weight excluding hydrogens is 440 g/mol.